The van der Waals surface area contributed by atoms with E-state index in [-0.39, 0.29) is 0 Å². The first-order valence-electron chi connectivity index (χ1n) is 33.9. The van der Waals surface area contributed by atoms with Gasteiger partial charge in [0, 0.05) is 82.7 Å². The summed E-state index contributed by atoms with van der Waals surface area (Å²) in [4.78, 5) is 19.9. The maximum Gasteiger partial charge on any atom is 0.161 e. The summed E-state index contributed by atoms with van der Waals surface area (Å²) in [7, 11) is 0. The van der Waals surface area contributed by atoms with E-state index in [0.717, 1.165) is 102 Å². The van der Waals surface area contributed by atoms with Crippen LogP contribution in [0, 0.1) is 69.2 Å². The van der Waals surface area contributed by atoms with Crippen LogP contribution in [0.2, 0.25) is 0 Å². The van der Waals surface area contributed by atoms with Crippen LogP contribution in [0.5, 0.6) is 0 Å². The summed E-state index contributed by atoms with van der Waals surface area (Å²) in [6.07, 6.45) is 0. The number of fused-ring (bicyclic) bond motifs is 12. The molecule has 0 atom stereocenters. The van der Waals surface area contributed by atoms with Crippen molar-refractivity contribution in [3.05, 3.63) is 311 Å². The zero-order chi connectivity index (χ0) is 66.8. The molecule has 0 aliphatic rings. The molecule has 0 aliphatic heterocycles. The zero-order valence-corrected chi connectivity index (χ0v) is 56.8. The summed E-state index contributed by atoms with van der Waals surface area (Å²) in [5, 5.41) is 10.1. The van der Waals surface area contributed by atoms with Crippen molar-refractivity contribution in [1.29, 1.82) is 0 Å². The molecule has 0 radical (unpaired) electrons. The molecule has 18 aromatic rings. The molecule has 0 fully saturated rings. The first-order valence-corrected chi connectivity index (χ1v) is 33.9. The van der Waals surface area contributed by atoms with E-state index in [1.165, 1.54) is 109 Å². The van der Waals surface area contributed by atoms with Gasteiger partial charge in [-0.05, 0) is 224 Å². The van der Waals surface area contributed by atoms with Gasteiger partial charge in [0.15, 0.2) is 5.82 Å². The van der Waals surface area contributed by atoms with Gasteiger partial charge in [0.25, 0.3) is 0 Å². The minimum absolute atomic E-state index is 0.743. The number of nitrogens with zero attached hydrogens (tertiary/aromatic N) is 8. The molecule has 98 heavy (non-hydrogen) atoms. The molecule has 8 nitrogen and oxygen atoms in total. The summed E-state index contributed by atoms with van der Waals surface area (Å²) in [5.74, 6) is 1.52. The lowest BCUT2D eigenvalue weighted by molar-refractivity contribution is 0.989. The highest BCUT2D eigenvalue weighted by Crippen LogP contribution is 2.43. The quantitative estimate of drug-likeness (QED) is 0.152. The topological polar surface area (TPSA) is 71.3 Å². The Morgan fingerprint density at radius 2 is 0.551 bits per heavy atom. The summed E-state index contributed by atoms with van der Waals surface area (Å²) in [6, 6.07) is 93.2. The Bertz CT molecular complexity index is 6260. The van der Waals surface area contributed by atoms with Crippen LogP contribution in [0.15, 0.2) is 255 Å². The Labute approximate surface area is 570 Å². The molecule has 0 aliphatic carbocycles. The second-order valence-corrected chi connectivity index (χ2v) is 26.7. The predicted molar refractivity (Wildman–Crippen MR) is 411 cm³/mol. The smallest absolute Gasteiger partial charge is 0.161 e. The van der Waals surface area contributed by atoms with Gasteiger partial charge in [0.1, 0.15) is 5.82 Å². The van der Waals surface area contributed by atoms with Crippen molar-refractivity contribution in [2.24, 2.45) is 0 Å². The molecule has 0 N–H and O–H groups in total. The predicted octanol–water partition coefficient (Wildman–Crippen LogP) is 23.1. The summed E-state index contributed by atoms with van der Waals surface area (Å²) >= 11 is 0. The van der Waals surface area contributed by atoms with E-state index in [1.54, 1.807) is 0 Å². The Balaban J connectivity index is 0.000000147. The molecule has 0 amide bonds. The van der Waals surface area contributed by atoms with Crippen LogP contribution < -0.4 is 0 Å². The molecule has 0 saturated carbocycles. The fourth-order valence-electron chi connectivity index (χ4n) is 15.1. The first kappa shape index (κ1) is 59.7. The van der Waals surface area contributed by atoms with E-state index in [2.05, 4.69) is 335 Å². The highest BCUT2D eigenvalue weighted by molar-refractivity contribution is 6.13. The van der Waals surface area contributed by atoms with Crippen LogP contribution in [0.1, 0.15) is 56.3 Å². The van der Waals surface area contributed by atoms with Gasteiger partial charge in [-0.3, -0.25) is 0 Å². The number of para-hydroxylation sites is 4. The van der Waals surface area contributed by atoms with Gasteiger partial charge in [-0.2, -0.15) is 0 Å². The maximum atomic E-state index is 5.07. The second-order valence-electron chi connectivity index (χ2n) is 26.7. The standard InChI is InChI=1S/2C45H36N4/c1-27-14-21-42-37(24-27)35-10-6-8-12-40(35)48(42)34-19-16-32(17-20-34)33-18-23-44(39(26-33)45-29(3)30(4)46-31(5)47-45)49-41-13-9-7-11-36(41)38-25-28(2)15-22-43(38)49;1-27-14-21-42-37(24-27)35-10-6-8-12-40(35)48(42)34-19-16-32(17-20-34)33-18-23-44(39(26-33)45-46-30(4)29(3)31(5)47-45)49-41-13-9-7-11-36(41)38-25-28(2)15-22-43(38)49/h2*6-26H,1-5H3. The van der Waals surface area contributed by atoms with E-state index in [4.69, 9.17) is 19.9 Å². The number of hydrogen-bond donors (Lipinski definition) is 0. The molecule has 0 saturated heterocycles. The SMILES string of the molecule is Cc1ccc2c(c1)c1ccccc1n2-c1ccc(-c2ccc(-n3c4ccccc4c4cc(C)ccc43)c(-c3nc(C)c(C)c(C)n3)c2)cc1.Cc1ccc2c(c1)c1ccccc1n2-c1ccc(-c2ccc(-n3c4ccccc4c4cc(C)ccc43)c(-c3nc(C)nc(C)c3C)c2)cc1. The van der Waals surface area contributed by atoms with Crippen molar-refractivity contribution in [3.63, 3.8) is 0 Å². The molecule has 0 bridgehead atoms. The van der Waals surface area contributed by atoms with Crippen LogP contribution >= 0.6 is 0 Å². The van der Waals surface area contributed by atoms with E-state index in [9.17, 15) is 0 Å². The first-order chi connectivity index (χ1) is 47.7. The number of benzene rings is 12. The van der Waals surface area contributed by atoms with E-state index < -0.39 is 0 Å². The van der Waals surface area contributed by atoms with E-state index >= 15 is 0 Å². The van der Waals surface area contributed by atoms with Crippen molar-refractivity contribution in [1.82, 2.24) is 38.2 Å². The third kappa shape index (κ3) is 9.88. The van der Waals surface area contributed by atoms with Crippen molar-refractivity contribution < 1.29 is 0 Å². The zero-order valence-electron chi connectivity index (χ0n) is 56.8. The molecule has 6 heterocycles. The lowest BCUT2D eigenvalue weighted by atomic mass is 9.97. The average molecular weight is 1270 g/mol. The summed E-state index contributed by atoms with van der Waals surface area (Å²) in [6.45, 7) is 21.1. The van der Waals surface area contributed by atoms with Crippen molar-refractivity contribution >= 4 is 87.2 Å². The van der Waals surface area contributed by atoms with Gasteiger partial charge in [-0.15, -0.1) is 0 Å². The van der Waals surface area contributed by atoms with Gasteiger partial charge in [-0.25, -0.2) is 19.9 Å². The van der Waals surface area contributed by atoms with Crippen molar-refractivity contribution in [3.8, 4) is 67.6 Å². The van der Waals surface area contributed by atoms with Crippen LogP contribution in [0.4, 0.5) is 0 Å². The molecule has 6 aromatic heterocycles. The Morgan fingerprint density at radius 3 is 0.949 bits per heavy atom. The fourth-order valence-corrected chi connectivity index (χ4v) is 15.1. The van der Waals surface area contributed by atoms with Crippen molar-refractivity contribution in [2.75, 3.05) is 0 Å². The molecule has 472 valence electrons. The third-order valence-electron chi connectivity index (χ3n) is 20.3. The lowest BCUT2D eigenvalue weighted by Crippen LogP contribution is -2.03. The molecule has 8 heteroatoms. The molecule has 0 unspecified atom stereocenters. The Morgan fingerprint density at radius 1 is 0.235 bits per heavy atom. The summed E-state index contributed by atoms with van der Waals surface area (Å²) < 4.78 is 9.53. The minimum atomic E-state index is 0.743. The highest BCUT2D eigenvalue weighted by Gasteiger charge is 2.23. The van der Waals surface area contributed by atoms with Crippen LogP contribution in [0.25, 0.3) is 155 Å². The highest BCUT2D eigenvalue weighted by atomic mass is 15.0. The number of rotatable bonds is 8. The monoisotopic (exact) mass is 1260 g/mol. The molecule has 0 spiro atoms. The van der Waals surface area contributed by atoms with E-state index in [0.29, 0.717) is 0 Å². The van der Waals surface area contributed by atoms with E-state index in [1.807, 2.05) is 6.92 Å². The lowest BCUT2D eigenvalue weighted by Gasteiger charge is -2.18. The fraction of sp³-hybridized carbons (Fsp3) is 0.111. The largest absolute Gasteiger partial charge is 0.309 e. The van der Waals surface area contributed by atoms with Gasteiger partial charge in [0.2, 0.25) is 0 Å². The van der Waals surface area contributed by atoms with Crippen LogP contribution in [-0.4, -0.2) is 38.2 Å². The van der Waals surface area contributed by atoms with Gasteiger partial charge in [0.05, 0.1) is 61.2 Å². The Hall–Kier alpha value is -12.0. The molecular weight excluding hydrogens is 1190 g/mol. The molecule has 18 rings (SSSR count). The van der Waals surface area contributed by atoms with Crippen LogP contribution in [-0.2, 0) is 0 Å². The van der Waals surface area contributed by atoms with Crippen molar-refractivity contribution in [2.45, 2.75) is 69.2 Å². The maximum absolute atomic E-state index is 5.07. The third-order valence-corrected chi connectivity index (χ3v) is 20.3. The van der Waals surface area contributed by atoms with Gasteiger partial charge < -0.3 is 18.3 Å². The number of aromatic nitrogens is 8. The Kier molecular flexibility index (Phi) is 14.3. The van der Waals surface area contributed by atoms with Gasteiger partial charge >= 0.3 is 0 Å². The second kappa shape index (κ2) is 23.4. The number of hydrogen-bond acceptors (Lipinski definition) is 4. The van der Waals surface area contributed by atoms with Gasteiger partial charge in [-0.1, -0.05) is 156 Å². The van der Waals surface area contributed by atoms with Crippen LogP contribution in [0.3, 0.4) is 0 Å². The minimum Gasteiger partial charge on any atom is -0.309 e. The normalized spacial score (nSPS) is 11.8. The molecular formula is C90H72N8. The molecule has 12 aromatic carbocycles. The number of aryl methyl sites for hydroxylation is 8. The average Bonchev–Trinajstić information content (AvgIpc) is 1.57. The summed E-state index contributed by atoms with van der Waals surface area (Å²) in [5.41, 5.74) is 32.0.